The van der Waals surface area contributed by atoms with E-state index in [2.05, 4.69) is 11.1 Å². The van der Waals surface area contributed by atoms with Gasteiger partial charge in [-0.2, -0.15) is 5.26 Å². The van der Waals surface area contributed by atoms with E-state index in [1.807, 2.05) is 30.3 Å². The minimum absolute atomic E-state index is 0.303. The molecular weight excluding hydrogens is 220 g/mol. The maximum atomic E-state index is 8.63. The summed E-state index contributed by atoms with van der Waals surface area (Å²) in [5.41, 5.74) is 2.44. The molecule has 0 amide bonds. The third-order valence-corrected chi connectivity index (χ3v) is 2.52. The van der Waals surface area contributed by atoms with Gasteiger partial charge in [-0.25, -0.2) is 0 Å². The zero-order chi connectivity index (χ0) is 11.4. The number of hydrogen-bond donors (Lipinski definition) is 0. The minimum Gasteiger partial charge on any atom is -0.250 e. The molecule has 2 rings (SSSR count). The van der Waals surface area contributed by atoms with E-state index in [-0.39, 0.29) is 0 Å². The van der Waals surface area contributed by atoms with Gasteiger partial charge in [0.2, 0.25) is 0 Å². The number of benzene rings is 1. The Balaban J connectivity index is 2.48. The van der Waals surface area contributed by atoms with E-state index in [9.17, 15) is 0 Å². The molecule has 16 heavy (non-hydrogen) atoms. The number of nitrogens with zero attached hydrogens (tertiary/aromatic N) is 2. The van der Waals surface area contributed by atoms with Crippen LogP contribution in [-0.4, -0.2) is 4.98 Å². The van der Waals surface area contributed by atoms with Gasteiger partial charge in [-0.3, -0.25) is 4.98 Å². The van der Waals surface area contributed by atoms with Crippen LogP contribution in [0.25, 0.3) is 11.3 Å². The van der Waals surface area contributed by atoms with Crippen molar-refractivity contribution < 1.29 is 0 Å². The number of pyridine rings is 1. The zero-order valence-electron chi connectivity index (χ0n) is 8.52. The molecule has 0 unspecified atom stereocenters. The first-order chi connectivity index (χ1) is 7.81. The van der Waals surface area contributed by atoms with Gasteiger partial charge in [0, 0.05) is 5.56 Å². The van der Waals surface area contributed by atoms with Crippen molar-refractivity contribution in [2.24, 2.45) is 0 Å². The van der Waals surface area contributed by atoms with Crippen molar-refractivity contribution in [3.63, 3.8) is 0 Å². The largest absolute Gasteiger partial charge is 0.250 e. The molecule has 0 bridgehead atoms. The van der Waals surface area contributed by atoms with Crippen molar-refractivity contribution in [1.29, 1.82) is 5.26 Å². The molecule has 0 aliphatic rings. The summed E-state index contributed by atoms with van der Waals surface area (Å²) in [6.45, 7) is 0. The van der Waals surface area contributed by atoms with Crippen LogP contribution in [0.15, 0.2) is 42.5 Å². The molecule has 1 aromatic carbocycles. The third-order valence-electron chi connectivity index (χ3n) is 2.21. The lowest BCUT2D eigenvalue weighted by molar-refractivity contribution is 1.12. The Hall–Kier alpha value is -1.85. The maximum absolute atomic E-state index is 8.63. The summed E-state index contributed by atoms with van der Waals surface area (Å²) in [7, 11) is 0. The minimum atomic E-state index is 0.303. The van der Waals surface area contributed by atoms with Crippen LogP contribution in [0, 0.1) is 11.3 Å². The number of hydrogen-bond acceptors (Lipinski definition) is 2. The van der Waals surface area contributed by atoms with Gasteiger partial charge < -0.3 is 0 Å². The van der Waals surface area contributed by atoms with Crippen molar-refractivity contribution in [2.75, 3.05) is 0 Å². The fourth-order valence-electron chi connectivity index (χ4n) is 1.46. The molecule has 2 aromatic rings. The molecule has 78 valence electrons. The van der Waals surface area contributed by atoms with Crippen LogP contribution in [0.5, 0.6) is 0 Å². The van der Waals surface area contributed by atoms with E-state index in [0.29, 0.717) is 11.4 Å². The highest BCUT2D eigenvalue weighted by Crippen LogP contribution is 2.25. The molecular formula is C13H9ClN2. The van der Waals surface area contributed by atoms with Gasteiger partial charge in [-0.15, -0.1) is 0 Å². The number of halogens is 1. The first-order valence-corrected chi connectivity index (χ1v) is 5.27. The highest BCUT2D eigenvalue weighted by molar-refractivity contribution is 6.33. The first kappa shape index (κ1) is 10.7. The number of rotatable bonds is 2. The van der Waals surface area contributed by atoms with Crippen LogP contribution >= 0.6 is 11.6 Å². The smallest absolute Gasteiger partial charge is 0.0891 e. The van der Waals surface area contributed by atoms with Crippen molar-refractivity contribution in [1.82, 2.24) is 4.98 Å². The van der Waals surface area contributed by atoms with Gasteiger partial charge >= 0.3 is 0 Å². The van der Waals surface area contributed by atoms with Crippen molar-refractivity contribution in [2.45, 2.75) is 6.42 Å². The molecule has 0 spiro atoms. The quantitative estimate of drug-likeness (QED) is 0.789. The summed E-state index contributed by atoms with van der Waals surface area (Å²) >= 11 is 6.09. The molecule has 2 nitrogen and oxygen atoms in total. The van der Waals surface area contributed by atoms with Crippen molar-refractivity contribution >= 4 is 11.6 Å². The molecule has 0 saturated carbocycles. The molecule has 1 heterocycles. The lowest BCUT2D eigenvalue weighted by Crippen LogP contribution is -1.91. The van der Waals surface area contributed by atoms with E-state index in [1.54, 1.807) is 12.1 Å². The van der Waals surface area contributed by atoms with Crippen molar-refractivity contribution in [3.05, 3.63) is 53.2 Å². The van der Waals surface area contributed by atoms with Crippen LogP contribution in [0.3, 0.4) is 0 Å². The topological polar surface area (TPSA) is 36.7 Å². The summed E-state index contributed by atoms with van der Waals surface area (Å²) in [4.78, 5) is 4.38. The molecule has 0 aliphatic carbocycles. The molecule has 0 saturated heterocycles. The van der Waals surface area contributed by atoms with Crippen LogP contribution in [0.4, 0.5) is 0 Å². The van der Waals surface area contributed by atoms with E-state index >= 15 is 0 Å². The lowest BCUT2D eigenvalue weighted by atomic mass is 10.1. The Bertz CT molecular complexity index is 529. The second kappa shape index (κ2) is 4.78. The SMILES string of the molecule is N#CCc1ccc(Cl)c(-c2ccccc2)n1. The summed E-state index contributed by atoms with van der Waals surface area (Å²) in [5, 5.41) is 9.23. The summed E-state index contributed by atoms with van der Waals surface area (Å²) in [5.74, 6) is 0. The summed E-state index contributed by atoms with van der Waals surface area (Å²) in [6, 6.07) is 15.3. The highest BCUT2D eigenvalue weighted by Gasteiger charge is 2.05. The first-order valence-electron chi connectivity index (χ1n) is 4.89. The Morgan fingerprint density at radius 3 is 2.56 bits per heavy atom. The van der Waals surface area contributed by atoms with E-state index in [1.165, 1.54) is 0 Å². The fraction of sp³-hybridized carbons (Fsp3) is 0.0769. The average molecular weight is 229 g/mol. The average Bonchev–Trinajstić information content (AvgIpc) is 2.33. The molecule has 0 radical (unpaired) electrons. The van der Waals surface area contributed by atoms with E-state index in [0.717, 1.165) is 17.0 Å². The Kier molecular flexibility index (Phi) is 3.19. The number of nitriles is 1. The predicted octanol–water partition coefficient (Wildman–Crippen LogP) is 3.47. The third kappa shape index (κ3) is 2.21. The van der Waals surface area contributed by atoms with Gasteiger partial charge in [0.25, 0.3) is 0 Å². The van der Waals surface area contributed by atoms with Gasteiger partial charge in [0.15, 0.2) is 0 Å². The van der Waals surface area contributed by atoms with Crippen LogP contribution in [-0.2, 0) is 6.42 Å². The predicted molar refractivity (Wildman–Crippen MR) is 64.0 cm³/mol. The highest BCUT2D eigenvalue weighted by atomic mass is 35.5. The standard InChI is InChI=1S/C13H9ClN2/c14-12-7-6-11(8-9-15)16-13(12)10-4-2-1-3-5-10/h1-7H,8H2. The lowest BCUT2D eigenvalue weighted by Gasteiger charge is -2.04. The molecule has 1 aromatic heterocycles. The Morgan fingerprint density at radius 1 is 1.12 bits per heavy atom. The van der Waals surface area contributed by atoms with E-state index < -0.39 is 0 Å². The van der Waals surface area contributed by atoms with Crippen LogP contribution in [0.2, 0.25) is 5.02 Å². The van der Waals surface area contributed by atoms with E-state index in [4.69, 9.17) is 16.9 Å². The normalized spacial score (nSPS) is 9.75. The zero-order valence-corrected chi connectivity index (χ0v) is 9.28. The molecule has 0 aliphatic heterocycles. The summed E-state index contributed by atoms with van der Waals surface area (Å²) < 4.78 is 0. The number of aromatic nitrogens is 1. The Morgan fingerprint density at radius 2 is 1.88 bits per heavy atom. The van der Waals surface area contributed by atoms with Gasteiger partial charge in [0.1, 0.15) is 0 Å². The Labute approximate surface area is 99.1 Å². The fourth-order valence-corrected chi connectivity index (χ4v) is 1.67. The molecule has 0 N–H and O–H groups in total. The maximum Gasteiger partial charge on any atom is 0.0891 e. The molecule has 0 atom stereocenters. The second-order valence-electron chi connectivity index (χ2n) is 3.33. The molecule has 0 fully saturated rings. The van der Waals surface area contributed by atoms with Gasteiger partial charge in [-0.1, -0.05) is 41.9 Å². The van der Waals surface area contributed by atoms with Gasteiger partial charge in [-0.05, 0) is 12.1 Å². The second-order valence-corrected chi connectivity index (χ2v) is 3.74. The monoisotopic (exact) mass is 228 g/mol. The van der Waals surface area contributed by atoms with Crippen LogP contribution in [0.1, 0.15) is 5.69 Å². The van der Waals surface area contributed by atoms with Crippen LogP contribution < -0.4 is 0 Å². The van der Waals surface area contributed by atoms with Crippen molar-refractivity contribution in [3.8, 4) is 17.3 Å². The molecule has 3 heteroatoms. The summed E-state index contributed by atoms with van der Waals surface area (Å²) in [6.07, 6.45) is 0.303. The van der Waals surface area contributed by atoms with Gasteiger partial charge in [0.05, 0.1) is 28.9 Å².